The summed E-state index contributed by atoms with van der Waals surface area (Å²) in [5.74, 6) is 0.479. The first-order valence-corrected chi connectivity index (χ1v) is 10.9. The summed E-state index contributed by atoms with van der Waals surface area (Å²) in [4.78, 5) is 24.9. The Hall–Kier alpha value is -3.39. The van der Waals surface area contributed by atoms with Gasteiger partial charge in [-0.05, 0) is 37.6 Å². The maximum Gasteiger partial charge on any atom is 0.251 e. The molecule has 160 valence electrons. The molecule has 8 heteroatoms. The zero-order valence-corrected chi connectivity index (χ0v) is 18.4. The minimum Gasteiger partial charge on any atom is -0.342 e. The molecular formula is C23H25N5O2S. The Balaban J connectivity index is 1.66. The summed E-state index contributed by atoms with van der Waals surface area (Å²) in [5, 5.41) is 14.9. The van der Waals surface area contributed by atoms with Crippen LogP contribution in [0.2, 0.25) is 0 Å². The van der Waals surface area contributed by atoms with Crippen LogP contribution in [0.5, 0.6) is 0 Å². The number of allylic oxidation sites excluding steroid dienone is 1. The quantitative estimate of drug-likeness (QED) is 0.392. The van der Waals surface area contributed by atoms with Crippen molar-refractivity contribution in [3.8, 4) is 0 Å². The molecule has 31 heavy (non-hydrogen) atoms. The number of aryl methyl sites for hydroxylation is 1. The number of benzene rings is 2. The fourth-order valence-corrected chi connectivity index (χ4v) is 3.75. The summed E-state index contributed by atoms with van der Waals surface area (Å²) >= 11 is 1.29. The lowest BCUT2D eigenvalue weighted by molar-refractivity contribution is -0.113. The highest BCUT2D eigenvalue weighted by atomic mass is 32.2. The molecule has 0 radical (unpaired) electrons. The third kappa shape index (κ3) is 5.82. The van der Waals surface area contributed by atoms with Crippen LogP contribution in [0.3, 0.4) is 0 Å². The second kappa shape index (κ2) is 10.6. The van der Waals surface area contributed by atoms with E-state index in [2.05, 4.69) is 27.4 Å². The molecule has 0 aliphatic heterocycles. The van der Waals surface area contributed by atoms with Crippen LogP contribution in [0.15, 0.2) is 72.4 Å². The van der Waals surface area contributed by atoms with Gasteiger partial charge in [-0.15, -0.1) is 16.8 Å². The third-order valence-corrected chi connectivity index (χ3v) is 5.55. The molecule has 1 heterocycles. The molecule has 2 amide bonds. The molecule has 3 rings (SSSR count). The van der Waals surface area contributed by atoms with Gasteiger partial charge in [0.15, 0.2) is 11.0 Å². The summed E-state index contributed by atoms with van der Waals surface area (Å²) in [6, 6.07) is 16.3. The zero-order chi connectivity index (χ0) is 22.2. The molecule has 2 aromatic carbocycles. The van der Waals surface area contributed by atoms with Crippen LogP contribution in [-0.2, 0) is 11.3 Å². The number of amides is 2. The van der Waals surface area contributed by atoms with Crippen molar-refractivity contribution in [2.45, 2.75) is 31.6 Å². The molecule has 0 unspecified atom stereocenters. The van der Waals surface area contributed by atoms with Crippen molar-refractivity contribution in [1.29, 1.82) is 0 Å². The fraction of sp³-hybridized carbons (Fsp3) is 0.217. The molecule has 0 saturated carbocycles. The predicted octanol–water partition coefficient (Wildman–Crippen LogP) is 3.99. The van der Waals surface area contributed by atoms with E-state index in [4.69, 9.17) is 0 Å². The van der Waals surface area contributed by atoms with Gasteiger partial charge < -0.3 is 15.2 Å². The number of carbonyl (C=O) groups excluding carboxylic acids is 2. The average Bonchev–Trinajstić information content (AvgIpc) is 3.17. The number of nitrogens with zero attached hydrogens (tertiary/aromatic N) is 3. The van der Waals surface area contributed by atoms with E-state index in [9.17, 15) is 9.59 Å². The number of hydrogen-bond acceptors (Lipinski definition) is 5. The largest absolute Gasteiger partial charge is 0.342 e. The van der Waals surface area contributed by atoms with Crippen LogP contribution in [0.4, 0.5) is 5.69 Å². The monoisotopic (exact) mass is 435 g/mol. The number of hydrogen-bond donors (Lipinski definition) is 2. The minimum absolute atomic E-state index is 0.126. The van der Waals surface area contributed by atoms with Crippen molar-refractivity contribution in [3.05, 3.63) is 84.2 Å². The number of rotatable bonds is 9. The highest BCUT2D eigenvalue weighted by molar-refractivity contribution is 7.99. The van der Waals surface area contributed by atoms with Gasteiger partial charge in [-0.2, -0.15) is 0 Å². The first kappa shape index (κ1) is 22.3. The van der Waals surface area contributed by atoms with E-state index >= 15 is 0 Å². The minimum atomic E-state index is -0.365. The van der Waals surface area contributed by atoms with Crippen molar-refractivity contribution in [3.63, 3.8) is 0 Å². The lowest BCUT2D eigenvalue weighted by Gasteiger charge is -2.15. The van der Waals surface area contributed by atoms with Gasteiger partial charge in [0.1, 0.15) is 0 Å². The predicted molar refractivity (Wildman–Crippen MR) is 123 cm³/mol. The Morgan fingerprint density at radius 1 is 1.13 bits per heavy atom. The molecule has 0 fully saturated rings. The molecule has 2 N–H and O–H groups in total. The summed E-state index contributed by atoms with van der Waals surface area (Å²) in [6.07, 6.45) is 1.73. The zero-order valence-electron chi connectivity index (χ0n) is 17.5. The van der Waals surface area contributed by atoms with E-state index in [0.29, 0.717) is 23.1 Å². The smallest absolute Gasteiger partial charge is 0.251 e. The summed E-state index contributed by atoms with van der Waals surface area (Å²) in [5.41, 5.74) is 2.37. The Morgan fingerprint density at radius 2 is 1.84 bits per heavy atom. The maximum absolute atomic E-state index is 12.5. The van der Waals surface area contributed by atoms with Gasteiger partial charge in [-0.1, -0.05) is 54.2 Å². The van der Waals surface area contributed by atoms with Crippen molar-refractivity contribution < 1.29 is 9.59 Å². The Bertz CT molecular complexity index is 1060. The van der Waals surface area contributed by atoms with E-state index in [-0.39, 0.29) is 23.6 Å². The normalized spacial score (nSPS) is 11.5. The average molecular weight is 436 g/mol. The van der Waals surface area contributed by atoms with E-state index in [1.54, 1.807) is 18.2 Å². The van der Waals surface area contributed by atoms with Gasteiger partial charge in [0.05, 0.1) is 11.8 Å². The highest BCUT2D eigenvalue weighted by Gasteiger charge is 2.20. The molecule has 0 aliphatic rings. The molecular weight excluding hydrogens is 410 g/mol. The van der Waals surface area contributed by atoms with Gasteiger partial charge in [0.25, 0.3) is 5.91 Å². The van der Waals surface area contributed by atoms with E-state index < -0.39 is 0 Å². The molecule has 7 nitrogen and oxygen atoms in total. The SMILES string of the molecule is C=CCn1c(SCC(=O)Nc2ccccc2C)nnc1[C@@H](C)NC(=O)c1ccccc1. The third-order valence-electron chi connectivity index (χ3n) is 4.58. The van der Waals surface area contributed by atoms with E-state index in [1.165, 1.54) is 11.8 Å². The first-order chi connectivity index (χ1) is 15.0. The number of nitrogens with one attached hydrogen (secondary N) is 2. The standard InChI is InChI=1S/C23H25N5O2S/c1-4-14-28-21(17(3)24-22(30)18-11-6-5-7-12-18)26-27-23(28)31-15-20(29)25-19-13-9-8-10-16(19)2/h4-13,17H,1,14-15H2,2-3H3,(H,24,30)(H,25,29)/t17-/m1/s1. The van der Waals surface area contributed by atoms with Gasteiger partial charge in [0, 0.05) is 17.8 Å². The summed E-state index contributed by atoms with van der Waals surface area (Å²) in [6.45, 7) is 8.06. The molecule has 0 bridgehead atoms. The fourth-order valence-electron chi connectivity index (χ4n) is 2.99. The molecule has 0 saturated heterocycles. The lowest BCUT2D eigenvalue weighted by atomic mass is 10.2. The van der Waals surface area contributed by atoms with Gasteiger partial charge >= 0.3 is 0 Å². The molecule has 0 spiro atoms. The van der Waals surface area contributed by atoms with Gasteiger partial charge in [-0.3, -0.25) is 9.59 Å². The van der Waals surface area contributed by atoms with Crippen LogP contribution in [0.25, 0.3) is 0 Å². The first-order valence-electron chi connectivity index (χ1n) is 9.87. The maximum atomic E-state index is 12.5. The van der Waals surface area contributed by atoms with Crippen molar-refractivity contribution in [2.24, 2.45) is 0 Å². The van der Waals surface area contributed by atoms with Crippen LogP contribution in [-0.4, -0.2) is 32.3 Å². The highest BCUT2D eigenvalue weighted by Crippen LogP contribution is 2.22. The molecule has 1 aromatic heterocycles. The van der Waals surface area contributed by atoms with Crippen LogP contribution >= 0.6 is 11.8 Å². The Morgan fingerprint density at radius 3 is 2.55 bits per heavy atom. The van der Waals surface area contributed by atoms with Gasteiger partial charge in [-0.25, -0.2) is 0 Å². The second-order valence-corrected chi connectivity index (χ2v) is 7.90. The lowest BCUT2D eigenvalue weighted by Crippen LogP contribution is -2.28. The van der Waals surface area contributed by atoms with E-state index in [0.717, 1.165) is 11.3 Å². The number of thioether (sulfide) groups is 1. The van der Waals surface area contributed by atoms with Crippen molar-refractivity contribution >= 4 is 29.3 Å². The number of anilines is 1. The second-order valence-electron chi connectivity index (χ2n) is 6.95. The Labute approximate surface area is 186 Å². The summed E-state index contributed by atoms with van der Waals surface area (Å²) < 4.78 is 1.86. The van der Waals surface area contributed by atoms with Crippen LogP contribution < -0.4 is 10.6 Å². The topological polar surface area (TPSA) is 88.9 Å². The summed E-state index contributed by atoms with van der Waals surface area (Å²) in [7, 11) is 0. The van der Waals surface area contributed by atoms with Crippen LogP contribution in [0, 0.1) is 6.92 Å². The van der Waals surface area contributed by atoms with Crippen molar-refractivity contribution in [2.75, 3.05) is 11.1 Å². The molecule has 3 aromatic rings. The number of para-hydroxylation sites is 1. The Kier molecular flexibility index (Phi) is 7.61. The van der Waals surface area contributed by atoms with Crippen molar-refractivity contribution in [1.82, 2.24) is 20.1 Å². The molecule has 0 aliphatic carbocycles. The van der Waals surface area contributed by atoms with Gasteiger partial charge in [0.2, 0.25) is 5.91 Å². The van der Waals surface area contributed by atoms with Crippen LogP contribution in [0.1, 0.15) is 34.7 Å². The molecule has 1 atom stereocenters. The van der Waals surface area contributed by atoms with E-state index in [1.807, 2.05) is 60.9 Å². The number of aromatic nitrogens is 3. The number of carbonyl (C=O) groups is 2.